The van der Waals surface area contributed by atoms with Gasteiger partial charge in [0.15, 0.2) is 16.8 Å². The van der Waals surface area contributed by atoms with Crippen LogP contribution in [-0.4, -0.2) is 51.6 Å². The van der Waals surface area contributed by atoms with E-state index in [-0.39, 0.29) is 5.57 Å². The van der Waals surface area contributed by atoms with Crippen LogP contribution in [0.1, 0.15) is 108 Å². The number of nitrogens with zero attached hydrogens (tertiary/aromatic N) is 7. The van der Waals surface area contributed by atoms with Gasteiger partial charge in [-0.3, -0.25) is 4.79 Å². The van der Waals surface area contributed by atoms with Crippen molar-refractivity contribution in [2.45, 2.75) is 92.4 Å². The summed E-state index contributed by atoms with van der Waals surface area (Å²) in [6, 6.07) is 19.9. The Morgan fingerprint density at radius 1 is 0.961 bits per heavy atom. The third-order valence-electron chi connectivity index (χ3n) is 9.78. The van der Waals surface area contributed by atoms with E-state index in [0.717, 1.165) is 53.6 Å². The summed E-state index contributed by atoms with van der Waals surface area (Å²) in [4.78, 5) is 31.4. The second kappa shape index (κ2) is 18.0. The molecule has 2 aromatic carbocycles. The van der Waals surface area contributed by atoms with Crippen molar-refractivity contribution < 1.29 is 9.53 Å². The predicted octanol–water partition coefficient (Wildman–Crippen LogP) is 9.85. The fourth-order valence-electron chi connectivity index (χ4n) is 6.58. The highest BCUT2D eigenvalue weighted by Gasteiger charge is 2.33. The monoisotopic (exact) mass is 705 g/mol. The van der Waals surface area contributed by atoms with Crippen molar-refractivity contribution in [2.75, 3.05) is 25.1 Å². The number of hydrogen-bond acceptors (Lipinski definition) is 9. The molecule has 0 aliphatic carbocycles. The molecule has 1 aliphatic heterocycles. The number of methoxy groups -OCH3 is 1. The molecule has 3 heterocycles. The lowest BCUT2D eigenvalue weighted by molar-refractivity contribution is 0.0941. The second-order valence-electron chi connectivity index (χ2n) is 13.4. The number of allylic oxidation sites excluding steroid dienone is 2. The minimum Gasteiger partial charge on any atom is -0.497 e. The van der Waals surface area contributed by atoms with Crippen LogP contribution in [0.25, 0.3) is 11.3 Å². The van der Waals surface area contributed by atoms with Crippen molar-refractivity contribution in [2.24, 2.45) is 16.8 Å². The summed E-state index contributed by atoms with van der Waals surface area (Å²) < 4.78 is 6.85. The Hall–Kier alpha value is -4.62. The second-order valence-corrected chi connectivity index (χ2v) is 14.4. The fraction of sp³-hybridized carbons (Fsp3) is 0.463. The molecule has 2 unspecified atom stereocenters. The maximum Gasteiger partial charge on any atom is 0.291 e. The van der Waals surface area contributed by atoms with Gasteiger partial charge in [0.1, 0.15) is 33.8 Å². The number of carbonyl (C=O) groups excluding carboxylic acids is 1. The van der Waals surface area contributed by atoms with Crippen molar-refractivity contribution in [1.29, 1.82) is 5.26 Å². The van der Waals surface area contributed by atoms with Crippen LogP contribution >= 0.6 is 11.3 Å². The number of carbonyl (C=O) groups is 1. The first-order valence-electron chi connectivity index (χ1n) is 18.5. The molecule has 0 radical (unpaired) electrons. The SMILES string of the molecule is CCCCC(CC)CN(CC(CC)CCCC)c1nc(-c2cccc(OC)c2)c(/N=C2/C(C)=C(C#N)C(=O)n3nc(Cc4ccccc4)nc32)s1. The molecule has 4 aromatic rings. The fourth-order valence-corrected chi connectivity index (χ4v) is 7.57. The van der Waals surface area contributed by atoms with Gasteiger partial charge in [-0.25, -0.2) is 15.0 Å². The molecule has 268 valence electrons. The van der Waals surface area contributed by atoms with E-state index in [1.807, 2.05) is 54.6 Å². The number of aliphatic imine (C=N–C) groups is 1. The van der Waals surface area contributed by atoms with E-state index in [1.54, 1.807) is 25.4 Å². The largest absolute Gasteiger partial charge is 0.497 e. The first-order valence-corrected chi connectivity index (χ1v) is 19.3. The molecule has 51 heavy (non-hydrogen) atoms. The summed E-state index contributed by atoms with van der Waals surface area (Å²) in [5, 5.41) is 16.3. The number of anilines is 1. The Bertz CT molecular complexity index is 1870. The van der Waals surface area contributed by atoms with E-state index in [1.165, 1.54) is 43.2 Å². The first kappa shape index (κ1) is 37.6. The lowest BCUT2D eigenvalue weighted by atomic mass is 9.96. The highest BCUT2D eigenvalue weighted by molar-refractivity contribution is 7.19. The van der Waals surface area contributed by atoms with E-state index in [9.17, 15) is 10.1 Å². The van der Waals surface area contributed by atoms with E-state index in [0.29, 0.717) is 46.2 Å². The summed E-state index contributed by atoms with van der Waals surface area (Å²) in [6.45, 7) is 12.7. The molecular formula is C41H51N7O2S. The highest BCUT2D eigenvalue weighted by atomic mass is 32.1. The van der Waals surface area contributed by atoms with Gasteiger partial charge in [-0.15, -0.1) is 5.10 Å². The molecule has 0 saturated heterocycles. The van der Waals surface area contributed by atoms with Crippen LogP contribution in [0, 0.1) is 23.2 Å². The number of unbranched alkanes of at least 4 members (excludes halogenated alkanes) is 2. The molecule has 2 aromatic heterocycles. The lowest BCUT2D eigenvalue weighted by Gasteiger charge is -2.30. The van der Waals surface area contributed by atoms with E-state index in [4.69, 9.17) is 19.7 Å². The van der Waals surface area contributed by atoms with Crippen LogP contribution in [0.2, 0.25) is 0 Å². The number of aromatic nitrogens is 4. The van der Waals surface area contributed by atoms with Crippen molar-refractivity contribution in [3.8, 4) is 23.1 Å². The third-order valence-corrected chi connectivity index (χ3v) is 10.8. The molecule has 0 N–H and O–H groups in total. The van der Waals surface area contributed by atoms with Crippen molar-refractivity contribution in [3.63, 3.8) is 0 Å². The van der Waals surface area contributed by atoms with Gasteiger partial charge in [0.05, 0.1) is 7.11 Å². The number of nitriles is 1. The third kappa shape index (κ3) is 9.01. The molecule has 0 fully saturated rings. The maximum absolute atomic E-state index is 13.5. The average Bonchev–Trinajstić information content (AvgIpc) is 3.78. The Kier molecular flexibility index (Phi) is 13.3. The number of ether oxygens (including phenoxy) is 1. The molecule has 9 nitrogen and oxygen atoms in total. The quantitative estimate of drug-likeness (QED) is 0.101. The lowest BCUT2D eigenvalue weighted by Crippen LogP contribution is -2.34. The Morgan fingerprint density at radius 3 is 2.25 bits per heavy atom. The smallest absolute Gasteiger partial charge is 0.291 e. The van der Waals surface area contributed by atoms with Gasteiger partial charge in [0.25, 0.3) is 5.91 Å². The summed E-state index contributed by atoms with van der Waals surface area (Å²) in [7, 11) is 1.66. The average molecular weight is 706 g/mol. The van der Waals surface area contributed by atoms with Gasteiger partial charge < -0.3 is 9.64 Å². The molecular weight excluding hydrogens is 655 g/mol. The summed E-state index contributed by atoms with van der Waals surface area (Å²) in [5.74, 6) is 2.18. The van der Waals surface area contributed by atoms with Gasteiger partial charge >= 0.3 is 0 Å². The number of benzene rings is 2. The predicted molar refractivity (Wildman–Crippen MR) is 207 cm³/mol. The summed E-state index contributed by atoms with van der Waals surface area (Å²) in [5.41, 5.74) is 3.58. The van der Waals surface area contributed by atoms with Crippen LogP contribution in [-0.2, 0) is 6.42 Å². The van der Waals surface area contributed by atoms with Crippen LogP contribution in [0.5, 0.6) is 5.75 Å². The van der Waals surface area contributed by atoms with Crippen LogP contribution in [0.3, 0.4) is 0 Å². The molecule has 2 atom stereocenters. The first-order chi connectivity index (χ1) is 24.8. The number of rotatable bonds is 18. The standard InChI is InChI=1S/C41H51N7O2S/c1-7-11-17-29(9-3)26-47(27-30(10-4)18-12-8-2)41-45-37(32-21-16-22-33(24-32)50-6)39(51-41)44-36-28(5)34(25-42)40(49)48-38(36)43-35(46-48)23-31-19-14-13-15-20-31/h13-16,19-22,24,29-30H,7-12,17-18,23,26-27H2,1-6H3/b44-36-. The minimum atomic E-state index is -0.490. The maximum atomic E-state index is 13.5. The summed E-state index contributed by atoms with van der Waals surface area (Å²) in [6.07, 6.45) is 9.84. The molecule has 0 saturated carbocycles. The zero-order chi connectivity index (χ0) is 36.3. The van der Waals surface area contributed by atoms with Crippen molar-refractivity contribution in [3.05, 3.63) is 83.0 Å². The normalized spacial score (nSPS) is 14.8. The Balaban J connectivity index is 1.66. The van der Waals surface area contributed by atoms with Gasteiger partial charge in [-0.2, -0.15) is 9.94 Å². The molecule has 10 heteroatoms. The molecule has 0 bridgehead atoms. The summed E-state index contributed by atoms with van der Waals surface area (Å²) >= 11 is 1.56. The van der Waals surface area contributed by atoms with Crippen molar-refractivity contribution >= 4 is 33.1 Å². The van der Waals surface area contributed by atoms with Crippen LogP contribution < -0.4 is 9.64 Å². The van der Waals surface area contributed by atoms with Gasteiger partial charge in [0, 0.05) is 30.6 Å². The van der Waals surface area contributed by atoms with E-state index < -0.39 is 5.91 Å². The zero-order valence-corrected chi connectivity index (χ0v) is 31.8. The topological polar surface area (TPSA) is 109 Å². The molecule has 5 rings (SSSR count). The number of hydrogen-bond donors (Lipinski definition) is 0. The highest BCUT2D eigenvalue weighted by Crippen LogP contribution is 2.42. The Morgan fingerprint density at radius 2 is 1.65 bits per heavy atom. The Labute approximate surface area is 307 Å². The van der Waals surface area contributed by atoms with Crippen molar-refractivity contribution in [1.82, 2.24) is 19.7 Å². The molecule has 1 aliphatic rings. The van der Waals surface area contributed by atoms with E-state index in [2.05, 4.69) is 43.8 Å². The molecule has 0 amide bonds. The van der Waals surface area contributed by atoms with Gasteiger partial charge in [-0.1, -0.05) is 120 Å². The van der Waals surface area contributed by atoms with Crippen LogP contribution in [0.15, 0.2) is 70.7 Å². The van der Waals surface area contributed by atoms with Gasteiger partial charge in [-0.05, 0) is 49.3 Å². The number of thiazole rings is 1. The number of fused-ring (bicyclic) bond motifs is 1. The zero-order valence-electron chi connectivity index (χ0n) is 31.0. The molecule has 0 spiro atoms. The van der Waals surface area contributed by atoms with Crippen LogP contribution in [0.4, 0.5) is 10.1 Å². The van der Waals surface area contributed by atoms with Gasteiger partial charge in [0.2, 0.25) is 0 Å². The van der Waals surface area contributed by atoms with E-state index >= 15 is 0 Å². The minimum absolute atomic E-state index is 0.00938.